The first-order valence-electron chi connectivity index (χ1n) is 4.23. The highest BCUT2D eigenvalue weighted by Crippen LogP contribution is 2.32. The molecule has 0 radical (unpaired) electrons. The minimum atomic E-state index is 0. The minimum Gasteiger partial charge on any atom is -0.324 e. The lowest BCUT2D eigenvalue weighted by molar-refractivity contribution is 0.713. The number of fused-ring (bicyclic) bond motifs is 1. The van der Waals surface area contributed by atoms with Crippen molar-refractivity contribution >= 4 is 28.3 Å². The third kappa shape index (κ3) is 1.90. The van der Waals surface area contributed by atoms with Gasteiger partial charge in [0.05, 0.1) is 0 Å². The van der Waals surface area contributed by atoms with E-state index in [0.29, 0.717) is 0 Å². The zero-order valence-corrected chi connectivity index (χ0v) is 9.91. The largest absolute Gasteiger partial charge is 0.324 e. The molecule has 1 aromatic rings. The number of hydrogen-bond acceptors (Lipinski definition) is 1. The van der Waals surface area contributed by atoms with E-state index >= 15 is 0 Å². The highest BCUT2D eigenvalue weighted by molar-refractivity contribution is 9.10. The molecule has 3 heteroatoms. The molecular weight excluding hydrogens is 249 g/mol. The second-order valence-corrected chi connectivity index (χ2v) is 4.30. The maximum absolute atomic E-state index is 5.95. The maximum Gasteiger partial charge on any atom is 0.0300 e. The summed E-state index contributed by atoms with van der Waals surface area (Å²) in [5, 5.41) is 0. The van der Waals surface area contributed by atoms with Gasteiger partial charge in [-0.15, -0.1) is 12.4 Å². The number of hydrogen-bond donors (Lipinski definition) is 1. The molecule has 0 fully saturated rings. The molecule has 1 aromatic carbocycles. The zero-order chi connectivity index (χ0) is 8.72. The Kier molecular flexibility index (Phi) is 3.38. The predicted octanol–water partition coefficient (Wildman–Crippen LogP) is 3.13. The molecule has 0 saturated carbocycles. The molecule has 0 saturated heterocycles. The van der Waals surface area contributed by atoms with E-state index in [0.717, 1.165) is 12.8 Å². The number of halogens is 2. The van der Waals surface area contributed by atoms with Crippen molar-refractivity contribution in [2.45, 2.75) is 25.8 Å². The summed E-state index contributed by atoms with van der Waals surface area (Å²) in [5.41, 5.74) is 9.99. The van der Waals surface area contributed by atoms with Crippen LogP contribution in [0.2, 0.25) is 0 Å². The maximum atomic E-state index is 5.95. The van der Waals surface area contributed by atoms with E-state index in [4.69, 9.17) is 5.73 Å². The average Bonchev–Trinajstić information content (AvgIpc) is 2.35. The Morgan fingerprint density at radius 2 is 2.15 bits per heavy atom. The van der Waals surface area contributed by atoms with Crippen LogP contribution in [0.15, 0.2) is 16.6 Å². The summed E-state index contributed by atoms with van der Waals surface area (Å²) in [6.45, 7) is 2.11. The molecule has 1 atom stereocenters. The van der Waals surface area contributed by atoms with Crippen molar-refractivity contribution in [3.63, 3.8) is 0 Å². The fraction of sp³-hybridized carbons (Fsp3) is 0.400. The molecular formula is C10H13BrClN. The average molecular weight is 263 g/mol. The molecule has 0 heterocycles. The lowest BCUT2D eigenvalue weighted by Gasteiger charge is -2.06. The van der Waals surface area contributed by atoms with E-state index in [9.17, 15) is 0 Å². The van der Waals surface area contributed by atoms with Crippen LogP contribution in [0.3, 0.4) is 0 Å². The molecule has 0 aromatic heterocycles. The first kappa shape index (κ1) is 11.0. The van der Waals surface area contributed by atoms with Crippen molar-refractivity contribution < 1.29 is 0 Å². The van der Waals surface area contributed by atoms with Gasteiger partial charge >= 0.3 is 0 Å². The lowest BCUT2D eigenvalue weighted by Crippen LogP contribution is -2.05. The Morgan fingerprint density at radius 3 is 2.85 bits per heavy atom. The Bertz CT molecular complexity index is 325. The van der Waals surface area contributed by atoms with Crippen molar-refractivity contribution in [2.24, 2.45) is 5.73 Å². The van der Waals surface area contributed by atoms with Gasteiger partial charge in [0.15, 0.2) is 0 Å². The molecule has 1 nitrogen and oxygen atoms in total. The van der Waals surface area contributed by atoms with Gasteiger partial charge in [-0.1, -0.05) is 22.0 Å². The number of aryl methyl sites for hydroxylation is 2. The van der Waals surface area contributed by atoms with E-state index in [-0.39, 0.29) is 18.4 Å². The van der Waals surface area contributed by atoms with Crippen molar-refractivity contribution in [2.75, 3.05) is 0 Å². The summed E-state index contributed by atoms with van der Waals surface area (Å²) >= 11 is 3.53. The molecule has 0 bridgehead atoms. The third-order valence-corrected chi connectivity index (χ3v) is 3.40. The van der Waals surface area contributed by atoms with Gasteiger partial charge in [0.2, 0.25) is 0 Å². The molecule has 2 N–H and O–H groups in total. The number of nitrogens with two attached hydrogens (primary N) is 1. The fourth-order valence-corrected chi connectivity index (χ4v) is 2.16. The van der Waals surface area contributed by atoms with Gasteiger partial charge in [-0.2, -0.15) is 0 Å². The molecule has 0 spiro atoms. The summed E-state index contributed by atoms with van der Waals surface area (Å²) in [4.78, 5) is 0. The second-order valence-electron chi connectivity index (χ2n) is 3.45. The van der Waals surface area contributed by atoms with Gasteiger partial charge in [-0.25, -0.2) is 0 Å². The molecule has 0 amide bonds. The van der Waals surface area contributed by atoms with Gasteiger partial charge in [0.25, 0.3) is 0 Å². The first-order valence-corrected chi connectivity index (χ1v) is 5.02. The molecule has 1 aliphatic rings. The van der Waals surface area contributed by atoms with Gasteiger partial charge in [-0.3, -0.25) is 0 Å². The Morgan fingerprint density at radius 1 is 1.46 bits per heavy atom. The topological polar surface area (TPSA) is 26.0 Å². The summed E-state index contributed by atoms with van der Waals surface area (Å²) < 4.78 is 1.20. The van der Waals surface area contributed by atoms with Gasteiger partial charge in [0, 0.05) is 10.5 Å². The van der Waals surface area contributed by atoms with Crippen LogP contribution in [0.4, 0.5) is 0 Å². The van der Waals surface area contributed by atoms with Gasteiger partial charge in [-0.05, 0) is 42.5 Å². The van der Waals surface area contributed by atoms with Crippen LogP contribution in [0.1, 0.15) is 29.2 Å². The van der Waals surface area contributed by atoms with Gasteiger partial charge in [0.1, 0.15) is 0 Å². The Labute approximate surface area is 93.2 Å². The SMILES string of the molecule is Cc1cc2c(cc1Br)CCC2N.Cl. The van der Waals surface area contributed by atoms with Crippen molar-refractivity contribution in [1.29, 1.82) is 0 Å². The van der Waals surface area contributed by atoms with Crippen LogP contribution in [0, 0.1) is 6.92 Å². The fourth-order valence-electron chi connectivity index (χ4n) is 1.77. The van der Waals surface area contributed by atoms with E-state index in [1.807, 2.05) is 0 Å². The predicted molar refractivity (Wildman–Crippen MR) is 61.4 cm³/mol. The normalized spacial score (nSPS) is 19.5. The van der Waals surface area contributed by atoms with Crippen LogP contribution in [0.25, 0.3) is 0 Å². The standard InChI is InChI=1S/C10H12BrN.ClH/c1-6-4-8-7(5-9(6)11)2-3-10(8)12;/h4-5,10H,2-3,12H2,1H3;1H. The van der Waals surface area contributed by atoms with Crippen molar-refractivity contribution in [1.82, 2.24) is 0 Å². The van der Waals surface area contributed by atoms with Crippen LogP contribution in [0.5, 0.6) is 0 Å². The highest BCUT2D eigenvalue weighted by atomic mass is 79.9. The molecule has 2 rings (SSSR count). The Hall–Kier alpha value is -0.0500. The van der Waals surface area contributed by atoms with Crippen LogP contribution in [-0.2, 0) is 6.42 Å². The number of rotatable bonds is 0. The second kappa shape index (κ2) is 3.99. The number of benzene rings is 1. The summed E-state index contributed by atoms with van der Waals surface area (Å²) in [5.74, 6) is 0. The zero-order valence-electron chi connectivity index (χ0n) is 7.51. The quantitative estimate of drug-likeness (QED) is 0.764. The van der Waals surface area contributed by atoms with E-state index in [2.05, 4.69) is 35.0 Å². The van der Waals surface area contributed by atoms with Crippen molar-refractivity contribution in [3.05, 3.63) is 33.3 Å². The smallest absolute Gasteiger partial charge is 0.0300 e. The van der Waals surface area contributed by atoms with Crippen LogP contribution in [-0.4, -0.2) is 0 Å². The lowest BCUT2D eigenvalue weighted by atomic mass is 10.1. The summed E-state index contributed by atoms with van der Waals surface area (Å²) in [6.07, 6.45) is 2.24. The van der Waals surface area contributed by atoms with Gasteiger partial charge < -0.3 is 5.73 Å². The molecule has 1 unspecified atom stereocenters. The molecule has 13 heavy (non-hydrogen) atoms. The molecule has 72 valence electrons. The van der Waals surface area contributed by atoms with Crippen molar-refractivity contribution in [3.8, 4) is 0 Å². The van der Waals surface area contributed by atoms with E-state index in [1.165, 1.54) is 21.2 Å². The highest BCUT2D eigenvalue weighted by Gasteiger charge is 2.19. The van der Waals surface area contributed by atoms with Crippen LogP contribution < -0.4 is 5.73 Å². The first-order chi connectivity index (χ1) is 5.68. The third-order valence-electron chi connectivity index (χ3n) is 2.54. The molecule has 1 aliphatic carbocycles. The molecule has 0 aliphatic heterocycles. The summed E-state index contributed by atoms with van der Waals surface area (Å²) in [7, 11) is 0. The van der Waals surface area contributed by atoms with Crippen LogP contribution >= 0.6 is 28.3 Å². The van der Waals surface area contributed by atoms with E-state index < -0.39 is 0 Å². The minimum absolute atomic E-state index is 0. The van der Waals surface area contributed by atoms with E-state index in [1.54, 1.807) is 0 Å². The monoisotopic (exact) mass is 261 g/mol. The Balaban J connectivity index is 0.000000845. The summed E-state index contributed by atoms with van der Waals surface area (Å²) in [6, 6.07) is 4.68.